The summed E-state index contributed by atoms with van der Waals surface area (Å²) >= 11 is 0. The highest BCUT2D eigenvalue weighted by Gasteiger charge is 2.23. The largest absolute Gasteiger partial charge is 0.383 e. The van der Waals surface area contributed by atoms with Crippen LogP contribution in [0.4, 0.5) is 8.78 Å². The number of nitrogens with one attached hydrogen (secondary N) is 1. The molecular formula is C11H21ClF2N2O2. The molecule has 0 saturated carbocycles. The fourth-order valence-electron chi connectivity index (χ4n) is 1.96. The second-order valence-electron chi connectivity index (χ2n) is 4.22. The van der Waals surface area contributed by atoms with Gasteiger partial charge in [-0.3, -0.25) is 4.79 Å². The number of rotatable bonds is 7. The van der Waals surface area contributed by atoms with Gasteiger partial charge in [-0.15, -0.1) is 12.4 Å². The smallest absolute Gasteiger partial charge is 0.255 e. The maximum Gasteiger partial charge on any atom is 0.255 e. The predicted octanol–water partition coefficient (Wildman–Crippen LogP) is 1.29. The van der Waals surface area contributed by atoms with Crippen LogP contribution in [0.2, 0.25) is 0 Å². The van der Waals surface area contributed by atoms with Crippen molar-refractivity contribution in [1.82, 2.24) is 10.2 Å². The predicted molar refractivity (Wildman–Crippen MR) is 67.3 cm³/mol. The van der Waals surface area contributed by atoms with Crippen LogP contribution in [-0.2, 0) is 9.53 Å². The van der Waals surface area contributed by atoms with Gasteiger partial charge < -0.3 is 15.0 Å². The van der Waals surface area contributed by atoms with Crippen LogP contribution in [0.15, 0.2) is 0 Å². The van der Waals surface area contributed by atoms with Crippen molar-refractivity contribution in [3.8, 4) is 0 Å². The fourth-order valence-corrected chi connectivity index (χ4v) is 1.96. The quantitative estimate of drug-likeness (QED) is 0.767. The molecule has 0 radical (unpaired) electrons. The molecule has 1 unspecified atom stereocenters. The molecule has 0 aliphatic carbocycles. The van der Waals surface area contributed by atoms with E-state index in [9.17, 15) is 13.6 Å². The summed E-state index contributed by atoms with van der Waals surface area (Å²) < 4.78 is 29.5. The summed E-state index contributed by atoms with van der Waals surface area (Å²) in [6, 6.07) is 0.144. The maximum absolute atomic E-state index is 12.3. The first-order chi connectivity index (χ1) is 8.13. The van der Waals surface area contributed by atoms with Gasteiger partial charge in [-0.2, -0.15) is 0 Å². The normalized spacial score (nSPS) is 18.8. The van der Waals surface area contributed by atoms with Crippen molar-refractivity contribution in [2.45, 2.75) is 31.7 Å². The highest BCUT2D eigenvalue weighted by molar-refractivity contribution is 5.85. The van der Waals surface area contributed by atoms with Crippen LogP contribution >= 0.6 is 12.4 Å². The summed E-state index contributed by atoms with van der Waals surface area (Å²) in [6.45, 7) is 0.919. The number of methoxy groups -OCH3 is 1. The van der Waals surface area contributed by atoms with E-state index in [1.807, 2.05) is 0 Å². The van der Waals surface area contributed by atoms with Gasteiger partial charge in [0.05, 0.1) is 13.2 Å². The van der Waals surface area contributed by atoms with Crippen LogP contribution in [0.1, 0.15) is 19.3 Å². The van der Waals surface area contributed by atoms with Crippen LogP contribution < -0.4 is 5.32 Å². The van der Waals surface area contributed by atoms with Gasteiger partial charge in [-0.1, -0.05) is 0 Å². The Morgan fingerprint density at radius 3 is 2.78 bits per heavy atom. The van der Waals surface area contributed by atoms with Gasteiger partial charge in [-0.05, 0) is 19.4 Å². The lowest BCUT2D eigenvalue weighted by Crippen LogP contribution is -2.40. The molecule has 18 heavy (non-hydrogen) atoms. The zero-order chi connectivity index (χ0) is 12.7. The monoisotopic (exact) mass is 286 g/mol. The highest BCUT2D eigenvalue weighted by Crippen LogP contribution is 2.11. The van der Waals surface area contributed by atoms with E-state index in [2.05, 4.69) is 5.32 Å². The number of halogens is 3. The molecule has 108 valence electrons. The van der Waals surface area contributed by atoms with Gasteiger partial charge in [-0.25, -0.2) is 8.78 Å². The first-order valence-electron chi connectivity index (χ1n) is 5.91. The molecule has 0 aromatic heterocycles. The maximum atomic E-state index is 12.3. The van der Waals surface area contributed by atoms with Crippen LogP contribution in [-0.4, -0.2) is 56.6 Å². The lowest BCUT2D eigenvalue weighted by atomic mass is 10.1. The molecule has 1 heterocycles. The Labute approximate surface area is 112 Å². The molecule has 0 aromatic rings. The number of amides is 1. The highest BCUT2D eigenvalue weighted by atomic mass is 35.5. The minimum absolute atomic E-state index is 0. The van der Waals surface area contributed by atoms with Crippen molar-refractivity contribution in [2.24, 2.45) is 0 Å². The summed E-state index contributed by atoms with van der Waals surface area (Å²) in [6.07, 6.45) is -0.202. The zero-order valence-corrected chi connectivity index (χ0v) is 11.3. The van der Waals surface area contributed by atoms with E-state index in [-0.39, 0.29) is 37.5 Å². The summed E-state index contributed by atoms with van der Waals surface area (Å²) in [5.41, 5.74) is 0. The molecule has 1 aliphatic heterocycles. The Balaban J connectivity index is 0.00000289. The number of alkyl halides is 2. The van der Waals surface area contributed by atoms with Crippen LogP contribution in [0, 0.1) is 0 Å². The molecule has 1 N–H and O–H groups in total. The number of carbonyl (C=O) groups is 1. The molecule has 1 rings (SSSR count). The molecule has 1 amide bonds. The third-order valence-electron chi connectivity index (χ3n) is 2.86. The van der Waals surface area contributed by atoms with Crippen molar-refractivity contribution in [3.05, 3.63) is 0 Å². The molecule has 4 nitrogen and oxygen atoms in total. The van der Waals surface area contributed by atoms with Crippen molar-refractivity contribution < 1.29 is 18.3 Å². The second-order valence-corrected chi connectivity index (χ2v) is 4.22. The molecule has 1 saturated heterocycles. The molecule has 0 bridgehead atoms. The Hall–Kier alpha value is -0.460. The minimum atomic E-state index is -2.49. The van der Waals surface area contributed by atoms with Gasteiger partial charge in [0.1, 0.15) is 0 Å². The number of carbonyl (C=O) groups excluding carboxylic acids is 1. The molecule has 7 heteroatoms. The van der Waals surface area contributed by atoms with Crippen LogP contribution in [0.3, 0.4) is 0 Å². The molecule has 1 atom stereocenters. The van der Waals surface area contributed by atoms with Crippen LogP contribution in [0.25, 0.3) is 0 Å². The molecule has 1 fully saturated rings. The summed E-state index contributed by atoms with van der Waals surface area (Å²) in [7, 11) is 1.49. The van der Waals surface area contributed by atoms with Gasteiger partial charge in [0.25, 0.3) is 6.43 Å². The number of hydrogen-bond donors (Lipinski definition) is 1. The Morgan fingerprint density at radius 1 is 1.56 bits per heavy atom. The topological polar surface area (TPSA) is 41.6 Å². The molecule has 0 spiro atoms. The van der Waals surface area contributed by atoms with Crippen molar-refractivity contribution in [1.29, 1.82) is 0 Å². The minimum Gasteiger partial charge on any atom is -0.383 e. The second kappa shape index (κ2) is 9.47. The number of nitrogens with zero attached hydrogens (tertiary/aromatic N) is 1. The van der Waals surface area contributed by atoms with E-state index in [0.29, 0.717) is 6.42 Å². The SMILES string of the molecule is COCCN(CC(F)F)C(=O)CC1CCCN1.Cl. The summed E-state index contributed by atoms with van der Waals surface area (Å²) in [5, 5.41) is 3.19. The Morgan fingerprint density at radius 2 is 2.28 bits per heavy atom. The molecular weight excluding hydrogens is 266 g/mol. The first-order valence-corrected chi connectivity index (χ1v) is 5.91. The van der Waals surface area contributed by atoms with E-state index in [0.717, 1.165) is 19.4 Å². The molecule has 0 aromatic carbocycles. The number of hydrogen-bond acceptors (Lipinski definition) is 3. The van der Waals surface area contributed by atoms with Gasteiger partial charge in [0, 0.05) is 26.1 Å². The van der Waals surface area contributed by atoms with E-state index in [1.165, 1.54) is 12.0 Å². The van der Waals surface area contributed by atoms with E-state index in [4.69, 9.17) is 4.74 Å². The summed E-state index contributed by atoms with van der Waals surface area (Å²) in [4.78, 5) is 13.0. The number of ether oxygens (including phenoxy) is 1. The Kier molecular flexibility index (Phi) is 9.23. The average molecular weight is 287 g/mol. The Bertz CT molecular complexity index is 239. The lowest BCUT2D eigenvalue weighted by molar-refractivity contribution is -0.134. The van der Waals surface area contributed by atoms with Crippen molar-refractivity contribution in [2.75, 3.05) is 33.4 Å². The zero-order valence-electron chi connectivity index (χ0n) is 10.5. The first kappa shape index (κ1) is 17.5. The van der Waals surface area contributed by atoms with Gasteiger partial charge in [0.15, 0.2) is 0 Å². The third-order valence-corrected chi connectivity index (χ3v) is 2.86. The lowest BCUT2D eigenvalue weighted by Gasteiger charge is -2.23. The third kappa shape index (κ3) is 6.47. The van der Waals surface area contributed by atoms with Crippen molar-refractivity contribution in [3.63, 3.8) is 0 Å². The average Bonchev–Trinajstić information content (AvgIpc) is 2.76. The van der Waals surface area contributed by atoms with Gasteiger partial charge in [0.2, 0.25) is 5.91 Å². The standard InChI is InChI=1S/C11H20F2N2O2.ClH/c1-17-6-5-15(8-10(12)13)11(16)7-9-3-2-4-14-9;/h9-10,14H,2-8H2,1H3;1H. The molecule has 1 aliphatic rings. The van der Waals surface area contributed by atoms with Gasteiger partial charge >= 0.3 is 0 Å². The van der Waals surface area contributed by atoms with E-state index >= 15 is 0 Å². The summed E-state index contributed by atoms with van der Waals surface area (Å²) in [5.74, 6) is -0.221. The van der Waals surface area contributed by atoms with E-state index < -0.39 is 13.0 Å². The van der Waals surface area contributed by atoms with Crippen molar-refractivity contribution >= 4 is 18.3 Å². The fraction of sp³-hybridized carbons (Fsp3) is 0.909. The van der Waals surface area contributed by atoms with E-state index in [1.54, 1.807) is 0 Å². The van der Waals surface area contributed by atoms with Crippen LogP contribution in [0.5, 0.6) is 0 Å².